The number of nitrogens with one attached hydrogen (secondary N) is 2. The van der Waals surface area contributed by atoms with E-state index in [9.17, 15) is 9.59 Å². The predicted molar refractivity (Wildman–Crippen MR) is 101 cm³/mol. The highest BCUT2D eigenvalue weighted by molar-refractivity contribution is 5.90. The summed E-state index contributed by atoms with van der Waals surface area (Å²) in [7, 11) is 0. The molecule has 0 spiro atoms. The average Bonchev–Trinajstić information content (AvgIpc) is 3.40. The number of hydrogen-bond donors (Lipinski definition) is 3. The second kappa shape index (κ2) is 6.81. The Labute approximate surface area is 157 Å². The van der Waals surface area contributed by atoms with Crippen molar-refractivity contribution in [3.63, 3.8) is 0 Å². The van der Waals surface area contributed by atoms with Crippen molar-refractivity contribution in [2.45, 2.75) is 77.3 Å². The van der Waals surface area contributed by atoms with Crippen molar-refractivity contribution in [3.8, 4) is 0 Å². The van der Waals surface area contributed by atoms with E-state index in [2.05, 4.69) is 10.6 Å². The molecule has 5 heteroatoms. The molecule has 0 saturated heterocycles. The molecule has 5 fully saturated rings. The zero-order valence-electron chi connectivity index (χ0n) is 16.3. The van der Waals surface area contributed by atoms with Gasteiger partial charge in [0.25, 0.3) is 0 Å². The lowest BCUT2D eigenvalue weighted by atomic mass is 9.49. The van der Waals surface area contributed by atoms with Gasteiger partial charge in [-0.05, 0) is 81.0 Å². The fourth-order valence-corrected chi connectivity index (χ4v) is 6.24. The topological polar surface area (TPSA) is 84.2 Å². The summed E-state index contributed by atoms with van der Waals surface area (Å²) in [5.74, 6) is 2.89. The van der Waals surface area contributed by atoms with Crippen LogP contribution >= 0.6 is 0 Å². The lowest BCUT2D eigenvalue weighted by Gasteiger charge is -2.55. The SMILES string of the molecule is CC(C)C(NC(=O)C12CC3CC(CC(C3)C1)C2)C(=O)NCC(N)C1CC1. The maximum Gasteiger partial charge on any atom is 0.242 e. The molecule has 2 amide bonds. The molecule has 2 unspecified atom stereocenters. The van der Waals surface area contributed by atoms with E-state index in [0.29, 0.717) is 12.5 Å². The lowest BCUT2D eigenvalue weighted by molar-refractivity contribution is -0.149. The standard InChI is InChI=1S/C21H35N3O2/c1-12(2)18(19(25)23-11-17(22)16-3-4-16)24-20(26)21-8-13-5-14(9-21)7-15(6-13)10-21/h12-18H,3-11,22H2,1-2H3,(H,23,25)(H,24,26). The van der Waals surface area contributed by atoms with Crippen molar-refractivity contribution in [3.05, 3.63) is 0 Å². The van der Waals surface area contributed by atoms with Crippen LogP contribution in [0, 0.1) is 35.0 Å². The first kappa shape index (κ1) is 18.3. The Morgan fingerprint density at radius 1 is 1.04 bits per heavy atom. The molecule has 5 nitrogen and oxygen atoms in total. The Morgan fingerprint density at radius 3 is 2.04 bits per heavy atom. The van der Waals surface area contributed by atoms with Gasteiger partial charge < -0.3 is 16.4 Å². The lowest BCUT2D eigenvalue weighted by Crippen LogP contribution is -2.59. The van der Waals surface area contributed by atoms with Gasteiger partial charge in [0, 0.05) is 18.0 Å². The molecule has 0 aromatic heterocycles. The van der Waals surface area contributed by atoms with Crippen LogP contribution in [0.4, 0.5) is 0 Å². The zero-order chi connectivity index (χ0) is 18.5. The van der Waals surface area contributed by atoms with Gasteiger partial charge in [-0.25, -0.2) is 0 Å². The molecule has 2 atom stereocenters. The van der Waals surface area contributed by atoms with Crippen molar-refractivity contribution < 1.29 is 9.59 Å². The Balaban J connectivity index is 1.38. The minimum atomic E-state index is -0.457. The second-order valence-electron chi connectivity index (χ2n) is 10.1. The molecule has 0 aliphatic heterocycles. The number of amides is 2. The molecular formula is C21H35N3O2. The fourth-order valence-electron chi connectivity index (χ4n) is 6.24. The van der Waals surface area contributed by atoms with Crippen LogP contribution in [0.3, 0.4) is 0 Å². The van der Waals surface area contributed by atoms with Crippen molar-refractivity contribution in [2.24, 2.45) is 40.7 Å². The van der Waals surface area contributed by atoms with Gasteiger partial charge in [0.1, 0.15) is 6.04 Å². The summed E-state index contributed by atoms with van der Waals surface area (Å²) in [6.07, 6.45) is 9.40. The van der Waals surface area contributed by atoms with Gasteiger partial charge in [0.2, 0.25) is 11.8 Å². The molecular weight excluding hydrogens is 326 g/mol. The summed E-state index contributed by atoms with van der Waals surface area (Å²) in [5.41, 5.74) is 5.90. The third-order valence-electron chi connectivity index (χ3n) is 7.50. The number of carbonyl (C=O) groups excluding carboxylic acids is 2. The van der Waals surface area contributed by atoms with Crippen molar-refractivity contribution in [1.82, 2.24) is 10.6 Å². The van der Waals surface area contributed by atoms with Gasteiger partial charge in [-0.1, -0.05) is 13.8 Å². The number of rotatable bonds is 7. The van der Waals surface area contributed by atoms with E-state index in [1.165, 1.54) is 32.1 Å². The van der Waals surface area contributed by atoms with Crippen molar-refractivity contribution >= 4 is 11.8 Å². The highest BCUT2D eigenvalue weighted by Gasteiger charge is 2.55. The highest BCUT2D eigenvalue weighted by Crippen LogP contribution is 2.60. The Hall–Kier alpha value is -1.10. The van der Waals surface area contributed by atoms with E-state index in [-0.39, 0.29) is 29.2 Å². The van der Waals surface area contributed by atoms with E-state index in [1.54, 1.807) is 0 Å². The highest BCUT2D eigenvalue weighted by atomic mass is 16.2. The van der Waals surface area contributed by atoms with Crippen LogP contribution in [-0.4, -0.2) is 30.4 Å². The van der Waals surface area contributed by atoms with E-state index in [0.717, 1.165) is 37.0 Å². The van der Waals surface area contributed by atoms with Crippen molar-refractivity contribution in [1.29, 1.82) is 0 Å². The van der Waals surface area contributed by atoms with Crippen molar-refractivity contribution in [2.75, 3.05) is 6.54 Å². The number of hydrogen-bond acceptors (Lipinski definition) is 3. The Kier molecular flexibility index (Phi) is 4.79. The summed E-state index contributed by atoms with van der Waals surface area (Å²) in [5, 5.41) is 6.14. The molecule has 26 heavy (non-hydrogen) atoms. The first-order chi connectivity index (χ1) is 12.4. The maximum atomic E-state index is 13.3. The molecule has 146 valence electrons. The van der Waals surface area contributed by atoms with Crippen LogP contribution in [0.2, 0.25) is 0 Å². The van der Waals surface area contributed by atoms with Crippen LogP contribution in [0.1, 0.15) is 65.2 Å². The minimum absolute atomic E-state index is 0.0469. The van der Waals surface area contributed by atoms with E-state index < -0.39 is 6.04 Å². The molecule has 5 aliphatic carbocycles. The summed E-state index contributed by atoms with van der Waals surface area (Å²) in [6, 6.07) is -0.410. The van der Waals surface area contributed by atoms with Gasteiger partial charge in [0.15, 0.2) is 0 Å². The van der Waals surface area contributed by atoms with E-state index in [1.807, 2.05) is 13.8 Å². The second-order valence-corrected chi connectivity index (χ2v) is 10.1. The van der Waals surface area contributed by atoms with Crippen LogP contribution in [0.25, 0.3) is 0 Å². The molecule has 4 N–H and O–H groups in total. The van der Waals surface area contributed by atoms with Gasteiger partial charge >= 0.3 is 0 Å². The predicted octanol–water partition coefficient (Wildman–Crippen LogP) is 2.20. The fraction of sp³-hybridized carbons (Fsp3) is 0.905. The smallest absolute Gasteiger partial charge is 0.242 e. The van der Waals surface area contributed by atoms with Crippen LogP contribution in [0.5, 0.6) is 0 Å². The molecule has 5 aliphatic rings. The van der Waals surface area contributed by atoms with Crippen LogP contribution in [0.15, 0.2) is 0 Å². The third kappa shape index (κ3) is 3.51. The molecule has 0 aromatic carbocycles. The first-order valence-electron chi connectivity index (χ1n) is 10.7. The number of carbonyl (C=O) groups is 2. The summed E-state index contributed by atoms with van der Waals surface area (Å²) in [4.78, 5) is 26.0. The van der Waals surface area contributed by atoms with Crippen LogP contribution < -0.4 is 16.4 Å². The first-order valence-corrected chi connectivity index (χ1v) is 10.7. The van der Waals surface area contributed by atoms with E-state index >= 15 is 0 Å². The Morgan fingerprint density at radius 2 is 1.58 bits per heavy atom. The van der Waals surface area contributed by atoms with Gasteiger partial charge in [-0.15, -0.1) is 0 Å². The quantitative estimate of drug-likeness (QED) is 0.650. The van der Waals surface area contributed by atoms with Gasteiger partial charge in [-0.2, -0.15) is 0 Å². The molecule has 5 rings (SSSR count). The Bertz CT molecular complexity index is 534. The summed E-state index contributed by atoms with van der Waals surface area (Å²) >= 11 is 0. The van der Waals surface area contributed by atoms with Gasteiger partial charge in [0.05, 0.1) is 0 Å². The minimum Gasteiger partial charge on any atom is -0.353 e. The molecule has 0 aromatic rings. The molecule has 0 radical (unpaired) electrons. The summed E-state index contributed by atoms with van der Waals surface area (Å²) in [6.45, 7) is 4.52. The maximum absolute atomic E-state index is 13.3. The van der Waals surface area contributed by atoms with Crippen LogP contribution in [-0.2, 0) is 9.59 Å². The third-order valence-corrected chi connectivity index (χ3v) is 7.50. The van der Waals surface area contributed by atoms with Gasteiger partial charge in [-0.3, -0.25) is 9.59 Å². The molecule has 0 heterocycles. The molecule has 4 bridgehead atoms. The molecule has 5 saturated carbocycles. The largest absolute Gasteiger partial charge is 0.353 e. The zero-order valence-corrected chi connectivity index (χ0v) is 16.3. The normalized spacial score (nSPS) is 37.5. The summed E-state index contributed by atoms with van der Waals surface area (Å²) < 4.78 is 0. The van der Waals surface area contributed by atoms with E-state index in [4.69, 9.17) is 5.73 Å². The number of nitrogens with two attached hydrogens (primary N) is 1. The monoisotopic (exact) mass is 361 g/mol. The average molecular weight is 362 g/mol.